The molecule has 0 aliphatic heterocycles. The number of benzene rings is 1. The molecule has 0 saturated carbocycles. The summed E-state index contributed by atoms with van der Waals surface area (Å²) in [5.41, 5.74) is 0.970. The van der Waals surface area contributed by atoms with Crippen LogP contribution in [0.5, 0.6) is 0 Å². The highest BCUT2D eigenvalue weighted by Gasteiger charge is 2.13. The number of pyridine rings is 1. The maximum Gasteiger partial charge on any atom is 0.275 e. The van der Waals surface area contributed by atoms with Crippen molar-refractivity contribution in [3.05, 3.63) is 57.6 Å². The number of nitrogens with zero attached hydrogens (tertiary/aromatic N) is 1. The molecule has 0 fully saturated rings. The predicted octanol–water partition coefficient (Wildman–Crippen LogP) is 5.11. The molecule has 2 aromatic rings. The molecular weight excluding hydrogens is 314 g/mol. The minimum atomic E-state index is -0.479. The lowest BCUT2D eigenvalue weighted by atomic mass is 10.2. The van der Waals surface area contributed by atoms with Crippen molar-refractivity contribution in [2.75, 3.05) is 5.32 Å². The van der Waals surface area contributed by atoms with Gasteiger partial charge in [-0.05, 0) is 36.8 Å². The van der Waals surface area contributed by atoms with Crippen molar-refractivity contribution in [2.45, 2.75) is 20.8 Å². The van der Waals surface area contributed by atoms with Crippen LogP contribution in [0.3, 0.4) is 0 Å². The van der Waals surface area contributed by atoms with Gasteiger partial charge < -0.3 is 5.32 Å². The third-order valence-electron chi connectivity index (χ3n) is 2.44. The van der Waals surface area contributed by atoms with Gasteiger partial charge in [0, 0.05) is 11.9 Å². The average molecular weight is 329 g/mol. The van der Waals surface area contributed by atoms with Crippen LogP contribution in [-0.4, -0.2) is 10.9 Å². The molecule has 0 radical (unpaired) electrons. The first-order chi connectivity index (χ1) is 9.97. The lowest BCUT2D eigenvalue weighted by Gasteiger charge is -2.07. The summed E-state index contributed by atoms with van der Waals surface area (Å²) < 4.78 is 13.1. The molecule has 6 heteroatoms. The summed E-state index contributed by atoms with van der Waals surface area (Å²) in [5.74, 6) is -0.812. The molecule has 1 aromatic heterocycles. The SMILES string of the molecule is CC.Cc1cc(NC(=O)c2ncc(Cl)cc2Cl)ccc1F. The molecule has 0 bridgehead atoms. The summed E-state index contributed by atoms with van der Waals surface area (Å²) in [6.45, 7) is 5.61. The zero-order chi connectivity index (χ0) is 16.0. The van der Waals surface area contributed by atoms with Gasteiger partial charge in [0.2, 0.25) is 0 Å². The van der Waals surface area contributed by atoms with E-state index in [0.717, 1.165) is 0 Å². The standard InChI is InChI=1S/C13H9Cl2FN2O.C2H6/c1-7-4-9(2-3-11(7)16)18-13(19)12-10(15)5-8(14)6-17-12;1-2/h2-6H,1H3,(H,18,19);1-2H3. The van der Waals surface area contributed by atoms with Crippen molar-refractivity contribution in [2.24, 2.45) is 0 Å². The highest BCUT2D eigenvalue weighted by molar-refractivity contribution is 6.36. The van der Waals surface area contributed by atoms with E-state index in [2.05, 4.69) is 10.3 Å². The Morgan fingerprint density at radius 1 is 1.24 bits per heavy atom. The Bertz CT molecular complexity index is 648. The van der Waals surface area contributed by atoms with Gasteiger partial charge in [0.05, 0.1) is 10.0 Å². The van der Waals surface area contributed by atoms with Crippen molar-refractivity contribution in [1.29, 1.82) is 0 Å². The Morgan fingerprint density at radius 3 is 2.48 bits per heavy atom. The van der Waals surface area contributed by atoms with Crippen LogP contribution in [0, 0.1) is 12.7 Å². The molecule has 1 heterocycles. The van der Waals surface area contributed by atoms with E-state index in [1.165, 1.54) is 30.5 Å². The van der Waals surface area contributed by atoms with Crippen LogP contribution in [0.25, 0.3) is 0 Å². The predicted molar refractivity (Wildman–Crippen MR) is 84.7 cm³/mol. The number of amides is 1. The number of hydrogen-bond acceptors (Lipinski definition) is 2. The minimum absolute atomic E-state index is 0.0630. The minimum Gasteiger partial charge on any atom is -0.321 e. The number of rotatable bonds is 2. The van der Waals surface area contributed by atoms with E-state index in [0.29, 0.717) is 16.3 Å². The Labute approximate surface area is 133 Å². The molecule has 0 saturated heterocycles. The van der Waals surface area contributed by atoms with E-state index >= 15 is 0 Å². The van der Waals surface area contributed by atoms with Crippen molar-refractivity contribution < 1.29 is 9.18 Å². The van der Waals surface area contributed by atoms with Gasteiger partial charge in [-0.25, -0.2) is 9.37 Å². The summed E-state index contributed by atoms with van der Waals surface area (Å²) in [6, 6.07) is 5.70. The fourth-order valence-corrected chi connectivity index (χ4v) is 1.96. The molecule has 112 valence electrons. The first-order valence-corrected chi connectivity index (χ1v) is 7.11. The molecule has 1 amide bonds. The normalized spacial score (nSPS) is 9.62. The molecular formula is C15H15Cl2FN2O. The van der Waals surface area contributed by atoms with Crippen LogP contribution in [0.2, 0.25) is 10.0 Å². The van der Waals surface area contributed by atoms with E-state index in [-0.39, 0.29) is 16.5 Å². The molecule has 0 aliphatic rings. The summed E-state index contributed by atoms with van der Waals surface area (Å²) in [7, 11) is 0. The maximum absolute atomic E-state index is 13.1. The molecule has 0 unspecified atom stereocenters. The first-order valence-electron chi connectivity index (χ1n) is 6.36. The van der Waals surface area contributed by atoms with E-state index in [9.17, 15) is 9.18 Å². The van der Waals surface area contributed by atoms with Gasteiger partial charge in [-0.2, -0.15) is 0 Å². The monoisotopic (exact) mass is 328 g/mol. The van der Waals surface area contributed by atoms with Crippen LogP contribution < -0.4 is 5.32 Å². The number of aromatic nitrogens is 1. The summed E-state index contributed by atoms with van der Waals surface area (Å²) in [6.07, 6.45) is 1.33. The Kier molecular flexibility index (Phi) is 6.59. The van der Waals surface area contributed by atoms with Crippen molar-refractivity contribution in [1.82, 2.24) is 4.98 Å². The maximum atomic E-state index is 13.1. The molecule has 0 atom stereocenters. The third kappa shape index (κ3) is 4.69. The molecule has 0 aliphatic carbocycles. The largest absolute Gasteiger partial charge is 0.321 e. The van der Waals surface area contributed by atoms with Crippen LogP contribution in [-0.2, 0) is 0 Å². The fraction of sp³-hybridized carbons (Fsp3) is 0.200. The number of nitrogens with one attached hydrogen (secondary N) is 1. The van der Waals surface area contributed by atoms with Crippen LogP contribution >= 0.6 is 23.2 Å². The summed E-state index contributed by atoms with van der Waals surface area (Å²) in [4.78, 5) is 15.8. The van der Waals surface area contributed by atoms with Gasteiger partial charge in [-0.1, -0.05) is 37.0 Å². The molecule has 0 spiro atoms. The van der Waals surface area contributed by atoms with E-state index < -0.39 is 5.91 Å². The van der Waals surface area contributed by atoms with Gasteiger partial charge in [-0.15, -0.1) is 0 Å². The van der Waals surface area contributed by atoms with Gasteiger partial charge in [-0.3, -0.25) is 4.79 Å². The Balaban J connectivity index is 0.00000106. The van der Waals surface area contributed by atoms with Gasteiger partial charge in [0.1, 0.15) is 11.5 Å². The zero-order valence-corrected chi connectivity index (χ0v) is 13.4. The van der Waals surface area contributed by atoms with E-state index in [1.807, 2.05) is 13.8 Å². The van der Waals surface area contributed by atoms with Crippen LogP contribution in [0.4, 0.5) is 10.1 Å². The summed E-state index contributed by atoms with van der Waals surface area (Å²) in [5, 5.41) is 3.09. The fourth-order valence-electron chi connectivity index (χ4n) is 1.49. The first kappa shape index (κ1) is 17.4. The van der Waals surface area contributed by atoms with Crippen molar-refractivity contribution in [3.63, 3.8) is 0 Å². The van der Waals surface area contributed by atoms with Crippen LogP contribution in [0.1, 0.15) is 29.9 Å². The van der Waals surface area contributed by atoms with Gasteiger partial charge in [0.25, 0.3) is 5.91 Å². The number of aryl methyl sites for hydroxylation is 1. The van der Waals surface area contributed by atoms with Crippen molar-refractivity contribution in [3.8, 4) is 0 Å². The number of carbonyl (C=O) groups is 1. The molecule has 2 rings (SSSR count). The Morgan fingerprint density at radius 2 is 1.90 bits per heavy atom. The Hall–Kier alpha value is -1.65. The van der Waals surface area contributed by atoms with Gasteiger partial charge >= 0.3 is 0 Å². The average Bonchev–Trinajstić information content (AvgIpc) is 2.45. The second-order valence-electron chi connectivity index (χ2n) is 3.90. The second kappa shape index (κ2) is 7.96. The third-order valence-corrected chi connectivity index (χ3v) is 2.93. The highest BCUT2D eigenvalue weighted by Crippen LogP contribution is 2.20. The molecule has 1 N–H and O–H groups in total. The van der Waals surface area contributed by atoms with E-state index in [4.69, 9.17) is 23.2 Å². The highest BCUT2D eigenvalue weighted by atomic mass is 35.5. The number of carbonyl (C=O) groups excluding carboxylic acids is 1. The number of anilines is 1. The topological polar surface area (TPSA) is 42.0 Å². The van der Waals surface area contributed by atoms with E-state index in [1.54, 1.807) is 6.92 Å². The second-order valence-corrected chi connectivity index (χ2v) is 4.75. The zero-order valence-electron chi connectivity index (χ0n) is 11.9. The summed E-state index contributed by atoms with van der Waals surface area (Å²) >= 11 is 11.6. The smallest absolute Gasteiger partial charge is 0.275 e. The molecule has 21 heavy (non-hydrogen) atoms. The van der Waals surface area contributed by atoms with Crippen LogP contribution in [0.15, 0.2) is 30.5 Å². The number of halogens is 3. The van der Waals surface area contributed by atoms with Crippen molar-refractivity contribution >= 4 is 34.8 Å². The lowest BCUT2D eigenvalue weighted by Crippen LogP contribution is -2.14. The van der Waals surface area contributed by atoms with Gasteiger partial charge in [0.15, 0.2) is 0 Å². The quantitative estimate of drug-likeness (QED) is 0.831. The number of hydrogen-bond donors (Lipinski definition) is 1. The molecule has 1 aromatic carbocycles. The molecule has 3 nitrogen and oxygen atoms in total. The lowest BCUT2D eigenvalue weighted by molar-refractivity contribution is 0.102.